The summed E-state index contributed by atoms with van der Waals surface area (Å²) in [6.45, 7) is 0. The predicted octanol–water partition coefficient (Wildman–Crippen LogP) is 3.07. The third-order valence-corrected chi connectivity index (χ3v) is 6.17. The van der Waals surface area contributed by atoms with Crippen molar-refractivity contribution in [2.75, 3.05) is 28.4 Å². The number of benzene rings is 2. The molecule has 0 atom stereocenters. The summed E-state index contributed by atoms with van der Waals surface area (Å²) in [4.78, 5) is 22.2. The van der Waals surface area contributed by atoms with Crippen molar-refractivity contribution in [1.82, 2.24) is 4.72 Å². The van der Waals surface area contributed by atoms with Crippen LogP contribution in [-0.2, 0) is 25.4 Å². The molecule has 0 unspecified atom stereocenters. The van der Waals surface area contributed by atoms with Crippen LogP contribution >= 0.6 is 0 Å². The second-order valence-corrected chi connectivity index (χ2v) is 9.24. The summed E-state index contributed by atoms with van der Waals surface area (Å²) in [5.41, 5.74) is 0.230. The van der Waals surface area contributed by atoms with Crippen molar-refractivity contribution in [2.24, 2.45) is 0 Å². The Bertz CT molecular complexity index is 1340. The minimum absolute atomic E-state index is 0.132. The quantitative estimate of drug-likeness (QED) is 0.206. The molecule has 214 valence electrons. The first kappa shape index (κ1) is 31.0. The van der Waals surface area contributed by atoms with E-state index < -0.39 is 51.1 Å². The normalized spacial score (nSPS) is 12.1. The Hall–Kier alpha value is -4.21. The number of ether oxygens (including phenoxy) is 5. The van der Waals surface area contributed by atoms with Crippen LogP contribution in [0.5, 0.6) is 28.7 Å². The standard InChI is InChI=1S/C23H23F4NO10S/c1-34-14-10-17(36-3)15(18(11-14)37-4)7-8-28-39(32,33)12-13-5-6-16(35-2)19(9-13)38-21(31)23(26,27)22(24,25)20(29)30/h5-11,28H,12H2,1-4H3,(H,29,30)/b8-7+. The van der Waals surface area contributed by atoms with Crippen LogP contribution in [0.25, 0.3) is 6.08 Å². The number of hydrogen-bond donors (Lipinski definition) is 2. The van der Waals surface area contributed by atoms with Crippen LogP contribution in [0.1, 0.15) is 11.1 Å². The predicted molar refractivity (Wildman–Crippen MR) is 127 cm³/mol. The first-order valence-corrected chi connectivity index (χ1v) is 12.1. The molecular formula is C23H23F4NO10S. The van der Waals surface area contributed by atoms with Gasteiger partial charge in [-0.3, -0.25) is 4.72 Å². The number of halogens is 4. The summed E-state index contributed by atoms with van der Waals surface area (Å²) in [6, 6.07) is 6.06. The fourth-order valence-corrected chi connectivity index (χ4v) is 3.97. The van der Waals surface area contributed by atoms with Gasteiger partial charge in [0.1, 0.15) is 17.2 Å². The van der Waals surface area contributed by atoms with Crippen molar-refractivity contribution in [3.05, 3.63) is 47.7 Å². The lowest BCUT2D eigenvalue weighted by Crippen LogP contribution is -2.53. The van der Waals surface area contributed by atoms with Crippen molar-refractivity contribution in [3.8, 4) is 28.7 Å². The Balaban J connectivity index is 2.27. The third kappa shape index (κ3) is 7.01. The molecule has 0 heterocycles. The van der Waals surface area contributed by atoms with E-state index in [0.717, 1.165) is 25.4 Å². The molecule has 39 heavy (non-hydrogen) atoms. The lowest BCUT2D eigenvalue weighted by atomic mass is 10.1. The summed E-state index contributed by atoms with van der Waals surface area (Å²) in [7, 11) is 1.06. The molecule has 0 saturated heterocycles. The lowest BCUT2D eigenvalue weighted by Gasteiger charge is -2.21. The molecule has 16 heteroatoms. The smallest absolute Gasteiger partial charge is 0.416 e. The molecule has 11 nitrogen and oxygen atoms in total. The molecule has 0 saturated carbocycles. The number of methoxy groups -OCH3 is 4. The van der Waals surface area contributed by atoms with Crippen LogP contribution in [0, 0.1) is 0 Å². The fourth-order valence-electron chi connectivity index (χ4n) is 3.00. The molecule has 0 amide bonds. The van der Waals surface area contributed by atoms with Gasteiger partial charge in [0.05, 0.1) is 39.8 Å². The number of carboxylic acids is 1. The summed E-state index contributed by atoms with van der Waals surface area (Å²) in [6.07, 6.45) is 2.39. The number of esters is 1. The second-order valence-electron chi connectivity index (χ2n) is 7.48. The van der Waals surface area contributed by atoms with E-state index in [0.29, 0.717) is 22.8 Å². The van der Waals surface area contributed by atoms with Gasteiger partial charge < -0.3 is 28.8 Å². The molecule has 2 aromatic rings. The number of rotatable bonds is 13. The Morgan fingerprint density at radius 2 is 1.44 bits per heavy atom. The summed E-state index contributed by atoms with van der Waals surface area (Å²) >= 11 is 0. The van der Waals surface area contributed by atoms with Crippen molar-refractivity contribution in [1.29, 1.82) is 0 Å². The van der Waals surface area contributed by atoms with E-state index >= 15 is 0 Å². The number of sulfonamides is 1. The number of hydrogen-bond acceptors (Lipinski definition) is 9. The Kier molecular flexibility index (Phi) is 9.62. The monoisotopic (exact) mass is 581 g/mol. The van der Waals surface area contributed by atoms with Crippen LogP contribution in [0.15, 0.2) is 36.5 Å². The third-order valence-electron chi connectivity index (χ3n) is 4.96. The number of carboxylic acid groups (broad SMARTS) is 1. The molecule has 0 aliphatic rings. The van der Waals surface area contributed by atoms with Crippen LogP contribution in [-0.4, -0.2) is 65.7 Å². The highest BCUT2D eigenvalue weighted by atomic mass is 32.2. The van der Waals surface area contributed by atoms with E-state index in [9.17, 15) is 35.6 Å². The SMILES string of the molecule is COc1cc(OC)c(/C=C/NS(=O)(=O)Cc2ccc(OC)c(OC(=O)C(F)(F)C(F)(F)C(=O)O)c2)c(OC)c1. The van der Waals surface area contributed by atoms with Gasteiger partial charge >= 0.3 is 23.8 Å². The number of carbonyl (C=O) groups is 2. The van der Waals surface area contributed by atoms with Gasteiger partial charge in [0, 0.05) is 18.3 Å². The summed E-state index contributed by atoms with van der Waals surface area (Å²) in [5, 5.41) is 8.33. The maximum Gasteiger partial charge on any atom is 0.416 e. The van der Waals surface area contributed by atoms with Gasteiger partial charge in [0.2, 0.25) is 10.0 Å². The molecule has 0 radical (unpaired) electrons. The molecule has 0 bridgehead atoms. The Labute approximate surface area is 219 Å². The first-order valence-electron chi connectivity index (χ1n) is 10.5. The van der Waals surface area contributed by atoms with Gasteiger partial charge in [0.15, 0.2) is 11.5 Å². The average Bonchev–Trinajstić information content (AvgIpc) is 2.87. The zero-order chi connectivity index (χ0) is 29.6. The molecule has 2 N–H and O–H groups in total. The van der Waals surface area contributed by atoms with Crippen molar-refractivity contribution in [2.45, 2.75) is 17.6 Å². The second kappa shape index (κ2) is 12.1. The van der Waals surface area contributed by atoms with Gasteiger partial charge in [0.25, 0.3) is 0 Å². The van der Waals surface area contributed by atoms with Crippen LogP contribution in [0.2, 0.25) is 0 Å². The zero-order valence-corrected chi connectivity index (χ0v) is 21.6. The van der Waals surface area contributed by atoms with E-state index in [-0.39, 0.29) is 5.56 Å². The van der Waals surface area contributed by atoms with Crippen molar-refractivity contribution < 1.29 is 64.4 Å². The van der Waals surface area contributed by atoms with Gasteiger partial charge in [-0.2, -0.15) is 17.6 Å². The number of alkyl halides is 4. The van der Waals surface area contributed by atoms with Gasteiger partial charge in [-0.05, 0) is 23.8 Å². The maximum absolute atomic E-state index is 13.8. The largest absolute Gasteiger partial charge is 0.496 e. The van der Waals surface area contributed by atoms with Crippen LogP contribution < -0.4 is 28.4 Å². The maximum atomic E-state index is 13.8. The van der Waals surface area contributed by atoms with Gasteiger partial charge in [-0.25, -0.2) is 18.0 Å². The average molecular weight is 581 g/mol. The van der Waals surface area contributed by atoms with E-state index in [1.165, 1.54) is 45.6 Å². The fraction of sp³-hybridized carbons (Fsp3) is 0.304. The van der Waals surface area contributed by atoms with Crippen LogP contribution in [0.3, 0.4) is 0 Å². The highest BCUT2D eigenvalue weighted by molar-refractivity contribution is 7.88. The van der Waals surface area contributed by atoms with E-state index in [1.54, 1.807) is 0 Å². The molecule has 0 aliphatic carbocycles. The molecule has 0 spiro atoms. The molecular weight excluding hydrogens is 558 g/mol. The molecule has 0 aliphatic heterocycles. The topological polar surface area (TPSA) is 147 Å². The van der Waals surface area contributed by atoms with Crippen LogP contribution in [0.4, 0.5) is 17.6 Å². The van der Waals surface area contributed by atoms with Crippen molar-refractivity contribution >= 4 is 28.0 Å². The highest BCUT2D eigenvalue weighted by Crippen LogP contribution is 2.38. The summed E-state index contributed by atoms with van der Waals surface area (Å²) < 4.78 is 106. The molecule has 0 fully saturated rings. The van der Waals surface area contributed by atoms with Gasteiger partial charge in [-0.15, -0.1) is 0 Å². The van der Waals surface area contributed by atoms with Gasteiger partial charge in [-0.1, -0.05) is 6.07 Å². The number of carbonyl (C=O) groups excluding carboxylic acids is 1. The van der Waals surface area contributed by atoms with Crippen molar-refractivity contribution in [3.63, 3.8) is 0 Å². The van der Waals surface area contributed by atoms with E-state index in [2.05, 4.69) is 9.46 Å². The lowest BCUT2D eigenvalue weighted by molar-refractivity contribution is -0.229. The number of aliphatic carboxylic acids is 1. The minimum atomic E-state index is -5.77. The molecule has 0 aromatic heterocycles. The Morgan fingerprint density at radius 3 is 1.92 bits per heavy atom. The highest BCUT2D eigenvalue weighted by Gasteiger charge is 2.69. The minimum Gasteiger partial charge on any atom is -0.496 e. The number of nitrogens with one attached hydrogen (secondary N) is 1. The van der Waals surface area contributed by atoms with E-state index in [1.807, 2.05) is 0 Å². The Morgan fingerprint density at radius 1 is 0.872 bits per heavy atom. The van der Waals surface area contributed by atoms with E-state index in [4.69, 9.17) is 24.1 Å². The molecule has 2 rings (SSSR count). The zero-order valence-electron chi connectivity index (χ0n) is 20.8. The summed E-state index contributed by atoms with van der Waals surface area (Å²) in [5.74, 6) is -18.7. The first-order chi connectivity index (χ1) is 18.1. The molecule has 2 aromatic carbocycles.